The average Bonchev–Trinajstić information content (AvgIpc) is 2.15. The van der Waals surface area contributed by atoms with Gasteiger partial charge in [0, 0.05) is 5.02 Å². The van der Waals surface area contributed by atoms with Crippen LogP contribution < -0.4 is 4.74 Å². The summed E-state index contributed by atoms with van der Waals surface area (Å²) in [5.41, 5.74) is 0.499. The van der Waals surface area contributed by atoms with Gasteiger partial charge in [0.1, 0.15) is 12.4 Å². The second-order valence-corrected chi connectivity index (χ2v) is 3.23. The fourth-order valence-corrected chi connectivity index (χ4v) is 1.22. The van der Waals surface area contributed by atoms with E-state index in [-0.39, 0.29) is 5.78 Å². The molecule has 1 aromatic carbocycles. The molecule has 0 radical (unpaired) electrons. The maximum Gasteiger partial charge on any atom is 0.163 e. The summed E-state index contributed by atoms with van der Waals surface area (Å²) in [7, 11) is 0. The molecule has 0 saturated carbocycles. The maximum absolute atomic E-state index is 11.2. The van der Waals surface area contributed by atoms with Crippen LogP contribution in [-0.4, -0.2) is 12.4 Å². The molecule has 0 aliphatic rings. The average molecular weight is 211 g/mol. The highest BCUT2D eigenvalue weighted by atomic mass is 35.5. The summed E-state index contributed by atoms with van der Waals surface area (Å²) in [6.45, 7) is 5.39. The number of ketones is 1. The number of rotatable bonds is 4. The Bertz CT molecular complexity index is 358. The van der Waals surface area contributed by atoms with Crippen LogP contribution in [0.4, 0.5) is 0 Å². The molecule has 14 heavy (non-hydrogen) atoms. The fourth-order valence-electron chi connectivity index (χ4n) is 1.05. The lowest BCUT2D eigenvalue weighted by atomic mass is 10.1. The highest BCUT2D eigenvalue weighted by Gasteiger charge is 2.08. The Hall–Kier alpha value is -1.28. The Balaban J connectivity index is 3.01. The third-order valence-corrected chi connectivity index (χ3v) is 1.91. The van der Waals surface area contributed by atoms with Crippen molar-refractivity contribution >= 4 is 17.4 Å². The first-order valence-electron chi connectivity index (χ1n) is 4.19. The highest BCUT2D eigenvalue weighted by molar-refractivity contribution is 6.31. The highest BCUT2D eigenvalue weighted by Crippen LogP contribution is 2.23. The number of Topliss-reactive ketones (excluding diaryl/α,β-unsaturated/α-hetero) is 1. The summed E-state index contributed by atoms with van der Waals surface area (Å²) in [6, 6.07) is 4.97. The maximum atomic E-state index is 11.2. The van der Waals surface area contributed by atoms with Gasteiger partial charge in [0.2, 0.25) is 0 Å². The van der Waals surface area contributed by atoms with E-state index in [0.717, 1.165) is 0 Å². The molecule has 0 amide bonds. The molecular weight excluding hydrogens is 200 g/mol. The van der Waals surface area contributed by atoms with Crippen LogP contribution in [0, 0.1) is 0 Å². The van der Waals surface area contributed by atoms with Gasteiger partial charge in [-0.1, -0.05) is 24.3 Å². The van der Waals surface area contributed by atoms with E-state index in [2.05, 4.69) is 6.58 Å². The van der Waals surface area contributed by atoms with Gasteiger partial charge in [0.25, 0.3) is 0 Å². The lowest BCUT2D eigenvalue weighted by Crippen LogP contribution is -2.00. The zero-order chi connectivity index (χ0) is 10.6. The monoisotopic (exact) mass is 210 g/mol. The molecule has 0 unspecified atom stereocenters. The van der Waals surface area contributed by atoms with Crippen molar-refractivity contribution in [2.45, 2.75) is 6.92 Å². The van der Waals surface area contributed by atoms with Gasteiger partial charge in [-0.05, 0) is 25.1 Å². The summed E-state index contributed by atoms with van der Waals surface area (Å²) in [5, 5.41) is 0.529. The standard InChI is InChI=1S/C11H11ClO2/c1-3-6-14-11-5-4-9(12)7-10(11)8(2)13/h3-5,7H,1,6H2,2H3. The van der Waals surface area contributed by atoms with Crippen molar-refractivity contribution in [1.82, 2.24) is 0 Å². The number of carbonyl (C=O) groups is 1. The summed E-state index contributed by atoms with van der Waals surface area (Å²) in [5.74, 6) is 0.480. The third kappa shape index (κ3) is 2.60. The van der Waals surface area contributed by atoms with E-state index in [1.54, 1.807) is 24.3 Å². The van der Waals surface area contributed by atoms with Gasteiger partial charge >= 0.3 is 0 Å². The van der Waals surface area contributed by atoms with Crippen molar-refractivity contribution in [3.63, 3.8) is 0 Å². The molecule has 0 heterocycles. The summed E-state index contributed by atoms with van der Waals surface area (Å²) >= 11 is 5.77. The fraction of sp³-hybridized carbons (Fsp3) is 0.182. The lowest BCUT2D eigenvalue weighted by Gasteiger charge is -2.07. The SMILES string of the molecule is C=CCOc1ccc(Cl)cc1C(C)=O. The molecule has 0 N–H and O–H groups in total. The number of hydrogen-bond donors (Lipinski definition) is 0. The van der Waals surface area contributed by atoms with Crippen LogP contribution in [0.1, 0.15) is 17.3 Å². The van der Waals surface area contributed by atoms with Gasteiger partial charge in [0.05, 0.1) is 5.56 Å². The first-order valence-corrected chi connectivity index (χ1v) is 4.57. The van der Waals surface area contributed by atoms with Gasteiger partial charge in [-0.15, -0.1) is 0 Å². The van der Waals surface area contributed by atoms with Crippen molar-refractivity contribution in [3.05, 3.63) is 41.4 Å². The van der Waals surface area contributed by atoms with Crippen LogP contribution in [0.3, 0.4) is 0 Å². The van der Waals surface area contributed by atoms with E-state index < -0.39 is 0 Å². The minimum Gasteiger partial charge on any atom is -0.489 e. The van der Waals surface area contributed by atoms with Gasteiger partial charge < -0.3 is 4.74 Å². The van der Waals surface area contributed by atoms with Gasteiger partial charge in [-0.3, -0.25) is 4.79 Å². The molecule has 3 heteroatoms. The quantitative estimate of drug-likeness (QED) is 0.564. The molecule has 0 aliphatic carbocycles. The molecule has 0 saturated heterocycles. The smallest absolute Gasteiger partial charge is 0.163 e. The first-order chi connectivity index (χ1) is 6.65. The minimum atomic E-state index is -0.0634. The predicted molar refractivity (Wildman–Crippen MR) is 57.1 cm³/mol. The summed E-state index contributed by atoms with van der Waals surface area (Å²) in [4.78, 5) is 11.2. The van der Waals surface area contributed by atoms with Crippen molar-refractivity contribution in [2.75, 3.05) is 6.61 Å². The Kier molecular flexibility index (Phi) is 3.72. The predicted octanol–water partition coefficient (Wildman–Crippen LogP) is 3.11. The first kappa shape index (κ1) is 10.8. The molecule has 0 aliphatic heterocycles. The Morgan fingerprint density at radius 2 is 2.36 bits per heavy atom. The molecule has 0 atom stereocenters. The van der Waals surface area contributed by atoms with Crippen molar-refractivity contribution < 1.29 is 9.53 Å². The van der Waals surface area contributed by atoms with E-state index in [1.165, 1.54) is 6.92 Å². The second kappa shape index (κ2) is 4.82. The number of carbonyl (C=O) groups excluding carboxylic acids is 1. The van der Waals surface area contributed by atoms with Crippen molar-refractivity contribution in [1.29, 1.82) is 0 Å². The third-order valence-electron chi connectivity index (χ3n) is 1.68. The van der Waals surface area contributed by atoms with Crippen LogP contribution in [-0.2, 0) is 0 Å². The number of benzene rings is 1. The molecule has 2 nitrogen and oxygen atoms in total. The zero-order valence-corrected chi connectivity index (χ0v) is 8.67. The number of halogens is 1. The van der Waals surface area contributed by atoms with E-state index in [4.69, 9.17) is 16.3 Å². The van der Waals surface area contributed by atoms with E-state index in [9.17, 15) is 4.79 Å². The second-order valence-electron chi connectivity index (χ2n) is 2.80. The van der Waals surface area contributed by atoms with Crippen LogP contribution >= 0.6 is 11.6 Å². The Labute approximate surface area is 88.1 Å². The molecule has 0 bridgehead atoms. The van der Waals surface area contributed by atoms with Crippen LogP contribution in [0.15, 0.2) is 30.9 Å². The Morgan fingerprint density at radius 1 is 1.64 bits per heavy atom. The van der Waals surface area contributed by atoms with Gasteiger partial charge in [-0.2, -0.15) is 0 Å². The van der Waals surface area contributed by atoms with E-state index in [1.807, 2.05) is 0 Å². The number of hydrogen-bond acceptors (Lipinski definition) is 2. The van der Waals surface area contributed by atoms with E-state index in [0.29, 0.717) is 22.9 Å². The molecule has 1 rings (SSSR count). The van der Waals surface area contributed by atoms with Crippen LogP contribution in [0.5, 0.6) is 5.75 Å². The van der Waals surface area contributed by atoms with Crippen molar-refractivity contribution in [2.24, 2.45) is 0 Å². The zero-order valence-electron chi connectivity index (χ0n) is 7.92. The van der Waals surface area contributed by atoms with E-state index >= 15 is 0 Å². The molecule has 1 aromatic rings. The molecule has 74 valence electrons. The van der Waals surface area contributed by atoms with Gasteiger partial charge in [0.15, 0.2) is 5.78 Å². The molecule has 0 spiro atoms. The minimum absolute atomic E-state index is 0.0634. The lowest BCUT2D eigenvalue weighted by molar-refractivity contribution is 0.101. The Morgan fingerprint density at radius 3 is 2.93 bits per heavy atom. The molecule has 0 aromatic heterocycles. The molecule has 0 fully saturated rings. The normalized spacial score (nSPS) is 9.57. The topological polar surface area (TPSA) is 26.3 Å². The van der Waals surface area contributed by atoms with Crippen molar-refractivity contribution in [3.8, 4) is 5.75 Å². The summed E-state index contributed by atoms with van der Waals surface area (Å²) < 4.78 is 5.31. The van der Waals surface area contributed by atoms with Crippen LogP contribution in [0.2, 0.25) is 5.02 Å². The van der Waals surface area contributed by atoms with Crippen LogP contribution in [0.25, 0.3) is 0 Å². The number of ether oxygens (including phenoxy) is 1. The molecular formula is C11H11ClO2. The summed E-state index contributed by atoms with van der Waals surface area (Å²) in [6.07, 6.45) is 1.62. The largest absolute Gasteiger partial charge is 0.489 e. The van der Waals surface area contributed by atoms with Gasteiger partial charge in [-0.25, -0.2) is 0 Å².